The van der Waals surface area contributed by atoms with Gasteiger partial charge in [-0.05, 0) is 23.3 Å². The van der Waals surface area contributed by atoms with E-state index in [9.17, 15) is 4.39 Å². The molecule has 1 atom stereocenters. The molecule has 18 heavy (non-hydrogen) atoms. The van der Waals surface area contributed by atoms with Crippen LogP contribution in [0.15, 0.2) is 54.6 Å². The van der Waals surface area contributed by atoms with Crippen molar-refractivity contribution in [1.29, 1.82) is 0 Å². The number of benzene rings is 2. The van der Waals surface area contributed by atoms with Gasteiger partial charge in [-0.1, -0.05) is 65.1 Å². The van der Waals surface area contributed by atoms with Gasteiger partial charge < -0.3 is 4.74 Å². The zero-order valence-electron chi connectivity index (χ0n) is 9.85. The van der Waals surface area contributed by atoms with E-state index in [-0.39, 0.29) is 11.9 Å². The number of halogens is 2. The molecule has 0 aliphatic rings. The molecule has 0 spiro atoms. The van der Waals surface area contributed by atoms with Crippen LogP contribution in [0.25, 0.3) is 0 Å². The summed E-state index contributed by atoms with van der Waals surface area (Å²) in [5.74, 6) is -0.214. The van der Waals surface area contributed by atoms with Crippen LogP contribution in [-0.2, 0) is 11.3 Å². The van der Waals surface area contributed by atoms with Gasteiger partial charge in [0.05, 0.1) is 12.7 Å². The van der Waals surface area contributed by atoms with Gasteiger partial charge >= 0.3 is 0 Å². The topological polar surface area (TPSA) is 9.23 Å². The third-order valence-electron chi connectivity index (χ3n) is 2.68. The number of alkyl halides is 1. The Balaban J connectivity index is 1.99. The molecule has 0 saturated heterocycles. The summed E-state index contributed by atoms with van der Waals surface area (Å²) >= 11 is 2.29. The summed E-state index contributed by atoms with van der Waals surface area (Å²) in [6.07, 6.45) is 0.00593. The lowest BCUT2D eigenvalue weighted by molar-refractivity contribution is 0.0577. The summed E-state index contributed by atoms with van der Waals surface area (Å²) in [6, 6.07) is 16.6. The maximum absolute atomic E-state index is 12.9. The van der Waals surface area contributed by atoms with Crippen molar-refractivity contribution in [1.82, 2.24) is 0 Å². The van der Waals surface area contributed by atoms with E-state index in [1.54, 1.807) is 12.1 Å². The lowest BCUT2D eigenvalue weighted by Gasteiger charge is -2.16. The van der Waals surface area contributed by atoms with Gasteiger partial charge in [0.1, 0.15) is 5.82 Å². The van der Waals surface area contributed by atoms with E-state index >= 15 is 0 Å². The first-order chi connectivity index (χ1) is 8.79. The van der Waals surface area contributed by atoms with E-state index < -0.39 is 0 Å². The third kappa shape index (κ3) is 3.78. The Kier molecular flexibility index (Phi) is 5.13. The lowest BCUT2D eigenvalue weighted by Crippen LogP contribution is -2.06. The van der Waals surface area contributed by atoms with Crippen LogP contribution in [0.4, 0.5) is 4.39 Å². The molecular weight excluding hydrogens is 342 g/mol. The molecule has 0 fully saturated rings. The quantitative estimate of drug-likeness (QED) is 0.566. The summed E-state index contributed by atoms with van der Waals surface area (Å²) in [4.78, 5) is 0. The Bertz CT molecular complexity index is 470. The van der Waals surface area contributed by atoms with E-state index in [0.717, 1.165) is 15.6 Å². The van der Waals surface area contributed by atoms with Crippen LogP contribution in [0.2, 0.25) is 0 Å². The Labute approximate surface area is 120 Å². The van der Waals surface area contributed by atoms with Crippen LogP contribution >= 0.6 is 22.6 Å². The summed E-state index contributed by atoms with van der Waals surface area (Å²) in [7, 11) is 0. The fraction of sp³-hybridized carbons (Fsp3) is 0.200. The molecule has 0 N–H and O–H groups in total. The lowest BCUT2D eigenvalue weighted by atomic mass is 10.1. The molecule has 0 heterocycles. The van der Waals surface area contributed by atoms with Crippen molar-refractivity contribution < 1.29 is 9.13 Å². The SMILES string of the molecule is Fc1ccc(C(CI)OCc2ccccc2)cc1. The van der Waals surface area contributed by atoms with Crippen molar-refractivity contribution in [2.45, 2.75) is 12.7 Å². The van der Waals surface area contributed by atoms with Gasteiger partial charge in [0.2, 0.25) is 0 Å². The largest absolute Gasteiger partial charge is 0.368 e. The van der Waals surface area contributed by atoms with Crippen LogP contribution in [0.3, 0.4) is 0 Å². The van der Waals surface area contributed by atoms with Crippen molar-refractivity contribution in [3.63, 3.8) is 0 Å². The van der Waals surface area contributed by atoms with Gasteiger partial charge in [0.25, 0.3) is 0 Å². The molecule has 2 rings (SSSR count). The number of hydrogen-bond acceptors (Lipinski definition) is 1. The smallest absolute Gasteiger partial charge is 0.123 e. The van der Waals surface area contributed by atoms with E-state index in [1.165, 1.54) is 12.1 Å². The molecule has 0 radical (unpaired) electrons. The van der Waals surface area contributed by atoms with Gasteiger partial charge in [-0.15, -0.1) is 0 Å². The standard InChI is InChI=1S/C15H14FIO/c16-14-8-6-13(7-9-14)15(10-17)18-11-12-4-2-1-3-5-12/h1-9,15H,10-11H2. The minimum atomic E-state index is -0.214. The molecule has 0 amide bonds. The maximum atomic E-state index is 12.9. The Morgan fingerprint density at radius 3 is 2.28 bits per heavy atom. The average molecular weight is 356 g/mol. The minimum absolute atomic E-state index is 0.00593. The molecule has 1 unspecified atom stereocenters. The van der Waals surface area contributed by atoms with Gasteiger partial charge in [0.15, 0.2) is 0 Å². The fourth-order valence-electron chi connectivity index (χ4n) is 1.68. The predicted molar refractivity (Wildman–Crippen MR) is 79.3 cm³/mol. The van der Waals surface area contributed by atoms with Crippen LogP contribution in [0.1, 0.15) is 17.2 Å². The summed E-state index contributed by atoms with van der Waals surface area (Å²) in [6.45, 7) is 0.575. The van der Waals surface area contributed by atoms with Crippen molar-refractivity contribution in [2.24, 2.45) is 0 Å². The van der Waals surface area contributed by atoms with Crippen molar-refractivity contribution in [2.75, 3.05) is 4.43 Å². The van der Waals surface area contributed by atoms with Gasteiger partial charge in [-0.3, -0.25) is 0 Å². The molecule has 0 saturated carbocycles. The van der Waals surface area contributed by atoms with Crippen LogP contribution in [-0.4, -0.2) is 4.43 Å². The highest BCUT2D eigenvalue weighted by Crippen LogP contribution is 2.21. The normalized spacial score (nSPS) is 12.3. The number of rotatable bonds is 5. The molecule has 2 aromatic rings. The second-order valence-electron chi connectivity index (χ2n) is 3.99. The van der Waals surface area contributed by atoms with E-state index in [0.29, 0.717) is 6.61 Å². The second-order valence-corrected chi connectivity index (χ2v) is 4.87. The van der Waals surface area contributed by atoms with E-state index in [1.807, 2.05) is 30.3 Å². The molecule has 0 bridgehead atoms. The Morgan fingerprint density at radius 2 is 1.67 bits per heavy atom. The second kappa shape index (κ2) is 6.85. The Hall–Kier alpha value is -0.940. The van der Waals surface area contributed by atoms with Crippen molar-refractivity contribution in [3.05, 3.63) is 71.5 Å². The highest BCUT2D eigenvalue weighted by atomic mass is 127. The minimum Gasteiger partial charge on any atom is -0.368 e. The fourth-order valence-corrected chi connectivity index (χ4v) is 2.44. The van der Waals surface area contributed by atoms with Gasteiger partial charge in [0, 0.05) is 4.43 Å². The predicted octanol–water partition coefficient (Wildman–Crippen LogP) is 4.52. The molecule has 0 aromatic heterocycles. The van der Waals surface area contributed by atoms with Gasteiger partial charge in [-0.2, -0.15) is 0 Å². The van der Waals surface area contributed by atoms with Crippen molar-refractivity contribution >= 4 is 22.6 Å². The number of hydrogen-bond donors (Lipinski definition) is 0. The van der Waals surface area contributed by atoms with Crippen LogP contribution in [0, 0.1) is 5.82 Å². The van der Waals surface area contributed by atoms with E-state index in [4.69, 9.17) is 4.74 Å². The zero-order chi connectivity index (χ0) is 12.8. The highest BCUT2D eigenvalue weighted by Gasteiger charge is 2.10. The van der Waals surface area contributed by atoms with E-state index in [2.05, 4.69) is 22.6 Å². The van der Waals surface area contributed by atoms with Crippen molar-refractivity contribution in [3.8, 4) is 0 Å². The zero-order valence-corrected chi connectivity index (χ0v) is 12.0. The molecule has 1 nitrogen and oxygen atoms in total. The number of ether oxygens (including phenoxy) is 1. The summed E-state index contributed by atoms with van der Waals surface area (Å²) in [5.41, 5.74) is 2.16. The monoisotopic (exact) mass is 356 g/mol. The molecule has 3 heteroatoms. The first-order valence-electron chi connectivity index (χ1n) is 5.76. The highest BCUT2D eigenvalue weighted by molar-refractivity contribution is 14.1. The molecule has 94 valence electrons. The first kappa shape index (κ1) is 13.5. The molecule has 0 aliphatic heterocycles. The Morgan fingerprint density at radius 1 is 1.00 bits per heavy atom. The summed E-state index contributed by atoms with van der Waals surface area (Å²) < 4.78 is 19.6. The van der Waals surface area contributed by atoms with Gasteiger partial charge in [-0.25, -0.2) is 4.39 Å². The molecular formula is C15H14FIO. The average Bonchev–Trinajstić information content (AvgIpc) is 2.42. The molecule has 0 aliphatic carbocycles. The third-order valence-corrected chi connectivity index (χ3v) is 3.48. The van der Waals surface area contributed by atoms with Crippen LogP contribution in [0.5, 0.6) is 0 Å². The van der Waals surface area contributed by atoms with Crippen LogP contribution < -0.4 is 0 Å². The maximum Gasteiger partial charge on any atom is 0.123 e. The first-order valence-corrected chi connectivity index (χ1v) is 7.29. The molecule has 2 aromatic carbocycles. The summed E-state index contributed by atoms with van der Waals surface area (Å²) in [5, 5.41) is 0.